The molecule has 1 aromatic carbocycles. The number of pyridine rings is 1. The lowest BCUT2D eigenvalue weighted by atomic mass is 10.2. The van der Waals surface area contributed by atoms with Crippen LogP contribution in [-0.2, 0) is 0 Å². The van der Waals surface area contributed by atoms with E-state index in [4.69, 9.17) is 4.74 Å². The lowest BCUT2D eigenvalue weighted by Crippen LogP contribution is -1.92. The normalized spacial score (nSPS) is 10.8. The molecule has 0 spiro atoms. The zero-order chi connectivity index (χ0) is 12.5. The standard InChI is InChI=1S/C13H10FN3O/c1-18-11-6-3-7-17-12(15-16-13(11)17)9-4-2-5-10(14)8-9/h2-8H,1H3. The second-order valence-corrected chi connectivity index (χ2v) is 3.80. The minimum Gasteiger partial charge on any atom is -0.493 e. The van der Waals surface area contributed by atoms with Crippen LogP contribution in [-0.4, -0.2) is 21.7 Å². The van der Waals surface area contributed by atoms with Crippen molar-refractivity contribution < 1.29 is 9.13 Å². The molecule has 0 bridgehead atoms. The first kappa shape index (κ1) is 10.7. The molecule has 0 fully saturated rings. The Morgan fingerprint density at radius 3 is 2.83 bits per heavy atom. The van der Waals surface area contributed by atoms with Gasteiger partial charge in [0.25, 0.3) is 0 Å². The van der Waals surface area contributed by atoms with Crippen LogP contribution in [0.1, 0.15) is 0 Å². The minimum atomic E-state index is -0.299. The van der Waals surface area contributed by atoms with Gasteiger partial charge in [0.05, 0.1) is 7.11 Å². The number of ether oxygens (including phenoxy) is 1. The number of halogens is 1. The Hall–Kier alpha value is -2.43. The molecule has 0 N–H and O–H groups in total. The van der Waals surface area contributed by atoms with Crippen molar-refractivity contribution in [1.29, 1.82) is 0 Å². The molecule has 3 aromatic rings. The molecular weight excluding hydrogens is 233 g/mol. The van der Waals surface area contributed by atoms with E-state index in [1.165, 1.54) is 12.1 Å². The summed E-state index contributed by atoms with van der Waals surface area (Å²) in [6, 6.07) is 9.89. The van der Waals surface area contributed by atoms with Gasteiger partial charge >= 0.3 is 0 Å². The van der Waals surface area contributed by atoms with Gasteiger partial charge in [0.1, 0.15) is 5.82 Å². The van der Waals surface area contributed by atoms with E-state index in [0.29, 0.717) is 22.8 Å². The van der Waals surface area contributed by atoms with Crippen LogP contribution in [0.5, 0.6) is 5.75 Å². The van der Waals surface area contributed by atoms with Crippen LogP contribution in [0.2, 0.25) is 0 Å². The molecule has 4 nitrogen and oxygen atoms in total. The largest absolute Gasteiger partial charge is 0.493 e. The highest BCUT2D eigenvalue weighted by atomic mass is 19.1. The number of benzene rings is 1. The van der Waals surface area contributed by atoms with Gasteiger partial charge in [0.15, 0.2) is 11.6 Å². The molecule has 0 aliphatic carbocycles. The van der Waals surface area contributed by atoms with Gasteiger partial charge in [0.2, 0.25) is 5.65 Å². The number of rotatable bonds is 2. The second kappa shape index (κ2) is 4.10. The molecule has 0 amide bonds. The van der Waals surface area contributed by atoms with Crippen LogP contribution in [0.4, 0.5) is 4.39 Å². The van der Waals surface area contributed by atoms with E-state index in [9.17, 15) is 4.39 Å². The van der Waals surface area contributed by atoms with Gasteiger partial charge in [-0.15, -0.1) is 10.2 Å². The van der Waals surface area contributed by atoms with Crippen molar-refractivity contribution in [2.75, 3.05) is 7.11 Å². The van der Waals surface area contributed by atoms with Crippen molar-refractivity contribution >= 4 is 5.65 Å². The van der Waals surface area contributed by atoms with Crippen LogP contribution in [0.15, 0.2) is 42.6 Å². The van der Waals surface area contributed by atoms with Crippen molar-refractivity contribution in [3.8, 4) is 17.1 Å². The highest BCUT2D eigenvalue weighted by Gasteiger charge is 2.11. The van der Waals surface area contributed by atoms with E-state index in [1.54, 1.807) is 29.7 Å². The Labute approximate surface area is 103 Å². The fourth-order valence-electron chi connectivity index (χ4n) is 1.88. The Bertz CT molecular complexity index is 708. The predicted octanol–water partition coefficient (Wildman–Crippen LogP) is 2.54. The third-order valence-corrected chi connectivity index (χ3v) is 2.70. The second-order valence-electron chi connectivity index (χ2n) is 3.80. The molecule has 3 rings (SSSR count). The molecule has 0 radical (unpaired) electrons. The molecule has 90 valence electrons. The van der Waals surface area contributed by atoms with E-state index < -0.39 is 0 Å². The molecule has 0 unspecified atom stereocenters. The fourth-order valence-corrected chi connectivity index (χ4v) is 1.88. The van der Waals surface area contributed by atoms with Gasteiger partial charge in [-0.25, -0.2) is 4.39 Å². The summed E-state index contributed by atoms with van der Waals surface area (Å²) in [6.07, 6.45) is 1.82. The molecular formula is C13H10FN3O. The molecule has 0 saturated heterocycles. The van der Waals surface area contributed by atoms with Gasteiger partial charge < -0.3 is 4.74 Å². The molecule has 0 atom stereocenters. The first-order valence-electron chi connectivity index (χ1n) is 5.43. The van der Waals surface area contributed by atoms with Crippen molar-refractivity contribution in [1.82, 2.24) is 14.6 Å². The fraction of sp³-hybridized carbons (Fsp3) is 0.0769. The van der Waals surface area contributed by atoms with Crippen molar-refractivity contribution in [2.24, 2.45) is 0 Å². The maximum atomic E-state index is 13.2. The highest BCUT2D eigenvalue weighted by Crippen LogP contribution is 2.23. The van der Waals surface area contributed by atoms with Crippen molar-refractivity contribution in [2.45, 2.75) is 0 Å². The number of fused-ring (bicyclic) bond motifs is 1. The van der Waals surface area contributed by atoms with Crippen LogP contribution < -0.4 is 4.74 Å². The quantitative estimate of drug-likeness (QED) is 0.694. The Balaban J connectivity index is 2.25. The third kappa shape index (κ3) is 1.60. The molecule has 18 heavy (non-hydrogen) atoms. The van der Waals surface area contributed by atoms with Gasteiger partial charge in [-0.1, -0.05) is 12.1 Å². The first-order valence-corrected chi connectivity index (χ1v) is 5.43. The van der Waals surface area contributed by atoms with E-state index in [-0.39, 0.29) is 5.82 Å². The van der Waals surface area contributed by atoms with Crippen LogP contribution in [0, 0.1) is 5.82 Å². The lowest BCUT2D eigenvalue weighted by Gasteiger charge is -2.02. The Kier molecular flexibility index (Phi) is 2.44. The summed E-state index contributed by atoms with van der Waals surface area (Å²) >= 11 is 0. The van der Waals surface area contributed by atoms with E-state index >= 15 is 0 Å². The number of hydrogen-bond donors (Lipinski definition) is 0. The summed E-state index contributed by atoms with van der Waals surface area (Å²) in [5.41, 5.74) is 1.29. The molecule has 0 aliphatic heterocycles. The number of aromatic nitrogens is 3. The molecule has 2 aromatic heterocycles. The third-order valence-electron chi connectivity index (χ3n) is 2.70. The minimum absolute atomic E-state index is 0.299. The first-order chi connectivity index (χ1) is 8.79. The van der Waals surface area contributed by atoms with Gasteiger partial charge in [-0.05, 0) is 24.3 Å². The smallest absolute Gasteiger partial charge is 0.203 e. The molecule has 2 heterocycles. The summed E-state index contributed by atoms with van der Waals surface area (Å²) in [7, 11) is 1.58. The average Bonchev–Trinajstić information content (AvgIpc) is 2.82. The number of nitrogens with zero attached hydrogens (tertiary/aromatic N) is 3. The summed E-state index contributed by atoms with van der Waals surface area (Å²) in [4.78, 5) is 0. The summed E-state index contributed by atoms with van der Waals surface area (Å²) in [6.45, 7) is 0. The summed E-state index contributed by atoms with van der Waals surface area (Å²) in [5.74, 6) is 0.920. The number of methoxy groups -OCH3 is 1. The van der Waals surface area contributed by atoms with Crippen LogP contribution >= 0.6 is 0 Å². The molecule has 0 saturated carbocycles. The molecule has 0 aliphatic rings. The lowest BCUT2D eigenvalue weighted by molar-refractivity contribution is 0.417. The van der Waals surface area contributed by atoms with Crippen LogP contribution in [0.25, 0.3) is 17.0 Å². The number of hydrogen-bond acceptors (Lipinski definition) is 3. The van der Waals surface area contributed by atoms with Gasteiger partial charge in [-0.2, -0.15) is 0 Å². The maximum Gasteiger partial charge on any atom is 0.203 e. The van der Waals surface area contributed by atoms with Gasteiger partial charge in [-0.3, -0.25) is 4.40 Å². The maximum absolute atomic E-state index is 13.2. The topological polar surface area (TPSA) is 39.4 Å². The van der Waals surface area contributed by atoms with Crippen molar-refractivity contribution in [3.05, 3.63) is 48.4 Å². The van der Waals surface area contributed by atoms with E-state index in [2.05, 4.69) is 10.2 Å². The SMILES string of the molecule is COc1cccn2c(-c3cccc(F)c3)nnc12. The Morgan fingerprint density at radius 2 is 2.06 bits per heavy atom. The van der Waals surface area contributed by atoms with E-state index in [0.717, 1.165) is 0 Å². The van der Waals surface area contributed by atoms with Gasteiger partial charge in [0, 0.05) is 11.8 Å². The van der Waals surface area contributed by atoms with E-state index in [1.807, 2.05) is 12.3 Å². The van der Waals surface area contributed by atoms with Crippen molar-refractivity contribution in [3.63, 3.8) is 0 Å². The van der Waals surface area contributed by atoms with Crippen LogP contribution in [0.3, 0.4) is 0 Å². The molecule has 5 heteroatoms. The summed E-state index contributed by atoms with van der Waals surface area (Å²) < 4.78 is 20.2. The predicted molar refractivity (Wildman–Crippen MR) is 64.9 cm³/mol. The zero-order valence-electron chi connectivity index (χ0n) is 9.67. The average molecular weight is 243 g/mol. The highest BCUT2D eigenvalue weighted by molar-refractivity contribution is 5.63. The summed E-state index contributed by atoms with van der Waals surface area (Å²) in [5, 5.41) is 8.14. The Morgan fingerprint density at radius 1 is 1.17 bits per heavy atom. The zero-order valence-corrected chi connectivity index (χ0v) is 9.67. The monoisotopic (exact) mass is 243 g/mol.